The van der Waals surface area contributed by atoms with E-state index in [9.17, 15) is 13.5 Å². The molecule has 1 aromatic carbocycles. The van der Waals surface area contributed by atoms with E-state index in [-0.39, 0.29) is 17.4 Å². The maximum Gasteiger partial charge on any atom is 0.150 e. The van der Waals surface area contributed by atoms with Gasteiger partial charge in [0, 0.05) is 13.0 Å². The van der Waals surface area contributed by atoms with Crippen LogP contribution in [0.4, 0.5) is 0 Å². The van der Waals surface area contributed by atoms with Crippen LogP contribution in [-0.2, 0) is 21.2 Å². The van der Waals surface area contributed by atoms with Gasteiger partial charge in [-0.15, -0.1) is 0 Å². The van der Waals surface area contributed by atoms with E-state index < -0.39 is 15.9 Å². The molecule has 1 saturated heterocycles. The van der Waals surface area contributed by atoms with Gasteiger partial charge in [0.2, 0.25) is 0 Å². The fourth-order valence-electron chi connectivity index (χ4n) is 2.32. The Balaban J connectivity index is 2.07. The van der Waals surface area contributed by atoms with Crippen molar-refractivity contribution in [2.75, 3.05) is 18.6 Å². The van der Waals surface area contributed by atoms with Crippen molar-refractivity contribution in [3.63, 3.8) is 0 Å². The molecule has 0 spiro atoms. The molecule has 100 valence electrons. The van der Waals surface area contributed by atoms with E-state index >= 15 is 0 Å². The first-order valence-electron chi connectivity index (χ1n) is 5.98. The van der Waals surface area contributed by atoms with Gasteiger partial charge in [-0.3, -0.25) is 0 Å². The second kappa shape index (κ2) is 5.38. The standard InChI is InChI=1S/C13H18O4S/c1-17-8-10-2-4-11(5-3-10)13(14)12-6-7-18(15,16)9-12/h2-5,12-14H,6-9H2,1H3. The van der Waals surface area contributed by atoms with Crippen molar-refractivity contribution in [1.82, 2.24) is 0 Å². The lowest BCUT2D eigenvalue weighted by atomic mass is 9.95. The number of aliphatic hydroxyl groups excluding tert-OH is 1. The van der Waals surface area contributed by atoms with E-state index in [1.807, 2.05) is 24.3 Å². The lowest BCUT2D eigenvalue weighted by Crippen LogP contribution is -2.14. The molecule has 5 heteroatoms. The number of methoxy groups -OCH3 is 1. The van der Waals surface area contributed by atoms with Gasteiger partial charge in [-0.1, -0.05) is 24.3 Å². The second-order valence-electron chi connectivity index (χ2n) is 4.78. The number of ether oxygens (including phenoxy) is 1. The van der Waals surface area contributed by atoms with Crippen molar-refractivity contribution in [2.24, 2.45) is 5.92 Å². The summed E-state index contributed by atoms with van der Waals surface area (Å²) in [5, 5.41) is 10.2. The normalized spacial score (nSPS) is 24.0. The zero-order valence-corrected chi connectivity index (χ0v) is 11.2. The van der Waals surface area contributed by atoms with Crippen molar-refractivity contribution in [3.8, 4) is 0 Å². The molecule has 2 rings (SSSR count). The van der Waals surface area contributed by atoms with Gasteiger partial charge in [0.1, 0.15) is 0 Å². The van der Waals surface area contributed by atoms with Crippen molar-refractivity contribution in [2.45, 2.75) is 19.1 Å². The van der Waals surface area contributed by atoms with Crippen molar-refractivity contribution < 1.29 is 18.3 Å². The van der Waals surface area contributed by atoms with Crippen LogP contribution in [0.2, 0.25) is 0 Å². The van der Waals surface area contributed by atoms with Crippen LogP contribution in [-0.4, -0.2) is 32.1 Å². The molecule has 1 aromatic rings. The van der Waals surface area contributed by atoms with E-state index in [0.29, 0.717) is 13.0 Å². The van der Waals surface area contributed by atoms with Gasteiger partial charge in [-0.25, -0.2) is 8.42 Å². The Hall–Kier alpha value is -0.910. The quantitative estimate of drug-likeness (QED) is 0.895. The summed E-state index contributed by atoms with van der Waals surface area (Å²) >= 11 is 0. The van der Waals surface area contributed by atoms with E-state index in [0.717, 1.165) is 11.1 Å². The summed E-state index contributed by atoms with van der Waals surface area (Å²) in [6.07, 6.45) is -0.151. The Labute approximate surface area is 108 Å². The van der Waals surface area contributed by atoms with Crippen LogP contribution in [0.5, 0.6) is 0 Å². The van der Waals surface area contributed by atoms with E-state index in [4.69, 9.17) is 4.74 Å². The number of sulfone groups is 1. The maximum absolute atomic E-state index is 11.4. The molecule has 2 unspecified atom stereocenters. The maximum atomic E-state index is 11.4. The molecule has 0 bridgehead atoms. The van der Waals surface area contributed by atoms with Gasteiger partial charge in [0.15, 0.2) is 9.84 Å². The number of hydrogen-bond acceptors (Lipinski definition) is 4. The molecule has 1 heterocycles. The summed E-state index contributed by atoms with van der Waals surface area (Å²) in [6.45, 7) is 0.536. The summed E-state index contributed by atoms with van der Waals surface area (Å²) < 4.78 is 27.8. The largest absolute Gasteiger partial charge is 0.388 e. The highest BCUT2D eigenvalue weighted by atomic mass is 32.2. The van der Waals surface area contributed by atoms with Crippen molar-refractivity contribution in [3.05, 3.63) is 35.4 Å². The molecule has 0 radical (unpaired) electrons. The van der Waals surface area contributed by atoms with Gasteiger partial charge in [-0.2, -0.15) is 0 Å². The summed E-state index contributed by atoms with van der Waals surface area (Å²) in [6, 6.07) is 7.46. The van der Waals surface area contributed by atoms with Crippen molar-refractivity contribution in [1.29, 1.82) is 0 Å². The van der Waals surface area contributed by atoms with Crippen LogP contribution in [0, 0.1) is 5.92 Å². The minimum absolute atomic E-state index is 0.0913. The SMILES string of the molecule is COCc1ccc(C(O)C2CCS(=O)(=O)C2)cc1. The molecule has 1 N–H and O–H groups in total. The summed E-state index contributed by atoms with van der Waals surface area (Å²) in [4.78, 5) is 0. The predicted molar refractivity (Wildman–Crippen MR) is 68.9 cm³/mol. The molecule has 0 amide bonds. The Morgan fingerprint density at radius 3 is 2.56 bits per heavy atom. The minimum atomic E-state index is -2.95. The highest BCUT2D eigenvalue weighted by molar-refractivity contribution is 7.91. The van der Waals surface area contributed by atoms with Gasteiger partial charge in [0.05, 0.1) is 24.2 Å². The fourth-order valence-corrected chi connectivity index (χ4v) is 4.15. The first-order chi connectivity index (χ1) is 8.52. The van der Waals surface area contributed by atoms with Crippen molar-refractivity contribution >= 4 is 9.84 Å². The van der Waals surface area contributed by atoms with Gasteiger partial charge in [0.25, 0.3) is 0 Å². The van der Waals surface area contributed by atoms with Crippen LogP contribution >= 0.6 is 0 Å². The fraction of sp³-hybridized carbons (Fsp3) is 0.538. The highest BCUT2D eigenvalue weighted by Crippen LogP contribution is 2.31. The third kappa shape index (κ3) is 3.10. The topological polar surface area (TPSA) is 63.6 Å². The summed E-state index contributed by atoms with van der Waals surface area (Å²) in [5.41, 5.74) is 1.81. The highest BCUT2D eigenvalue weighted by Gasteiger charge is 2.33. The molecule has 2 atom stereocenters. The smallest absolute Gasteiger partial charge is 0.150 e. The third-order valence-electron chi connectivity index (χ3n) is 3.35. The predicted octanol–water partition coefficient (Wildman–Crippen LogP) is 1.30. The molecular formula is C13H18O4S. The zero-order chi connectivity index (χ0) is 13.2. The molecule has 1 aliphatic heterocycles. The van der Waals surface area contributed by atoms with Crippen LogP contribution in [0.25, 0.3) is 0 Å². The Morgan fingerprint density at radius 2 is 2.06 bits per heavy atom. The number of rotatable bonds is 4. The molecule has 1 fully saturated rings. The van der Waals surface area contributed by atoms with Crippen LogP contribution in [0.15, 0.2) is 24.3 Å². The van der Waals surface area contributed by atoms with Crippen LogP contribution in [0.3, 0.4) is 0 Å². The molecule has 0 aliphatic carbocycles. The molecule has 0 aromatic heterocycles. The first kappa shape index (κ1) is 13.5. The van der Waals surface area contributed by atoms with E-state index in [1.54, 1.807) is 7.11 Å². The number of benzene rings is 1. The van der Waals surface area contributed by atoms with E-state index in [1.165, 1.54) is 0 Å². The van der Waals surface area contributed by atoms with Gasteiger partial charge < -0.3 is 9.84 Å². The van der Waals surface area contributed by atoms with E-state index in [2.05, 4.69) is 0 Å². The molecule has 18 heavy (non-hydrogen) atoms. The average Bonchev–Trinajstić information content (AvgIpc) is 2.70. The molecule has 1 aliphatic rings. The second-order valence-corrected chi connectivity index (χ2v) is 7.01. The Kier molecular flexibility index (Phi) is 4.04. The van der Waals surface area contributed by atoms with Gasteiger partial charge >= 0.3 is 0 Å². The monoisotopic (exact) mass is 270 g/mol. The number of hydrogen-bond donors (Lipinski definition) is 1. The summed E-state index contributed by atoms with van der Waals surface area (Å²) in [7, 11) is -1.31. The lowest BCUT2D eigenvalue weighted by molar-refractivity contribution is 0.121. The van der Waals surface area contributed by atoms with Gasteiger partial charge in [-0.05, 0) is 17.5 Å². The molecule has 4 nitrogen and oxygen atoms in total. The average molecular weight is 270 g/mol. The van der Waals surface area contributed by atoms with Crippen LogP contribution in [0.1, 0.15) is 23.7 Å². The Morgan fingerprint density at radius 1 is 1.39 bits per heavy atom. The molecular weight excluding hydrogens is 252 g/mol. The number of aliphatic hydroxyl groups is 1. The Bertz CT molecular complexity index is 492. The summed E-state index contributed by atoms with van der Waals surface area (Å²) in [5.74, 6) is 0.105. The lowest BCUT2D eigenvalue weighted by Gasteiger charge is -2.17. The first-order valence-corrected chi connectivity index (χ1v) is 7.80. The third-order valence-corrected chi connectivity index (χ3v) is 5.14. The zero-order valence-electron chi connectivity index (χ0n) is 10.4. The minimum Gasteiger partial charge on any atom is -0.388 e. The molecule has 0 saturated carbocycles. The van der Waals surface area contributed by atoms with Crippen LogP contribution < -0.4 is 0 Å².